The van der Waals surface area contributed by atoms with E-state index in [1.54, 1.807) is 18.2 Å². The van der Waals surface area contributed by atoms with Gasteiger partial charge in [0, 0.05) is 10.0 Å². The first-order chi connectivity index (χ1) is 11.5. The first-order valence-electron chi connectivity index (χ1n) is 7.82. The molecule has 0 N–H and O–H groups in total. The number of hydrogen-bond donors (Lipinski definition) is 0. The number of allylic oxidation sites excluding steroid dienone is 1. The van der Waals surface area contributed by atoms with Crippen LogP contribution in [0.2, 0.25) is 10.0 Å². The van der Waals surface area contributed by atoms with Crippen LogP contribution in [0.25, 0.3) is 0 Å². The van der Waals surface area contributed by atoms with Gasteiger partial charge in [0.05, 0.1) is 17.9 Å². The lowest BCUT2D eigenvalue weighted by Gasteiger charge is -2.33. The van der Waals surface area contributed by atoms with Crippen LogP contribution in [0.4, 0.5) is 0 Å². The Hall–Kier alpha value is -1.61. The van der Waals surface area contributed by atoms with Crippen LogP contribution >= 0.6 is 23.2 Å². The molecule has 24 heavy (non-hydrogen) atoms. The number of esters is 1. The van der Waals surface area contributed by atoms with Crippen LogP contribution in [-0.4, -0.2) is 24.3 Å². The van der Waals surface area contributed by atoms with Gasteiger partial charge in [-0.1, -0.05) is 48.5 Å². The van der Waals surface area contributed by atoms with Gasteiger partial charge in [-0.3, -0.25) is 9.59 Å². The molecule has 0 spiro atoms. The van der Waals surface area contributed by atoms with Gasteiger partial charge in [0.25, 0.3) is 0 Å². The Labute approximate surface area is 150 Å². The lowest BCUT2D eigenvalue weighted by atomic mass is 9.71. The minimum Gasteiger partial charge on any atom is -0.464 e. The molecule has 1 aromatic rings. The van der Waals surface area contributed by atoms with Gasteiger partial charge in [0.15, 0.2) is 5.78 Å². The molecule has 0 radical (unpaired) electrons. The lowest BCUT2D eigenvalue weighted by molar-refractivity contribution is -0.149. The maximum atomic E-state index is 12.2. The summed E-state index contributed by atoms with van der Waals surface area (Å²) in [7, 11) is 0. The summed E-state index contributed by atoms with van der Waals surface area (Å²) in [5, 5.41) is 0.885. The summed E-state index contributed by atoms with van der Waals surface area (Å²) in [6.07, 6.45) is 4.92. The summed E-state index contributed by atoms with van der Waals surface area (Å²) in [5.74, 6) is 0.758. The van der Waals surface area contributed by atoms with E-state index in [0.29, 0.717) is 28.5 Å². The van der Waals surface area contributed by atoms with Crippen LogP contribution in [-0.2, 0) is 25.5 Å². The van der Waals surface area contributed by atoms with E-state index in [1.807, 2.05) is 0 Å². The average Bonchev–Trinajstić information content (AvgIpc) is 2.57. The number of ketones is 1. The Bertz CT molecular complexity index is 672. The standard InChI is InChI=1S/C18H18Cl2O4/c19-14-5-4-13(15(20)11-14)10-17(23)24-12-18(16(22)6-9-21)7-2-1-3-8-18/h4-6,11H,1-3,7-8,10,12H2. The second-order valence-electron chi connectivity index (χ2n) is 6.04. The highest BCUT2D eigenvalue weighted by molar-refractivity contribution is 6.35. The molecule has 0 amide bonds. The van der Waals surface area contributed by atoms with Gasteiger partial charge in [-0.25, -0.2) is 4.79 Å². The molecule has 0 aliphatic heterocycles. The van der Waals surface area contributed by atoms with Crippen LogP contribution < -0.4 is 0 Å². The minimum absolute atomic E-state index is 0.00376. The summed E-state index contributed by atoms with van der Waals surface area (Å²) < 4.78 is 5.34. The molecule has 6 heteroatoms. The zero-order valence-corrected chi connectivity index (χ0v) is 14.7. The van der Waals surface area contributed by atoms with Crippen molar-refractivity contribution in [3.63, 3.8) is 0 Å². The number of carbonyl (C=O) groups excluding carboxylic acids is 3. The third-order valence-electron chi connectivity index (χ3n) is 4.38. The normalized spacial score (nSPS) is 16.1. The van der Waals surface area contributed by atoms with Crippen molar-refractivity contribution in [3.8, 4) is 0 Å². The second kappa shape index (κ2) is 8.48. The molecular formula is C18H18Cl2O4. The van der Waals surface area contributed by atoms with Crippen molar-refractivity contribution in [2.24, 2.45) is 5.41 Å². The highest BCUT2D eigenvalue weighted by Gasteiger charge is 2.39. The Morgan fingerprint density at radius 3 is 2.54 bits per heavy atom. The van der Waals surface area contributed by atoms with Gasteiger partial charge in [-0.2, -0.15) is 0 Å². The van der Waals surface area contributed by atoms with Gasteiger partial charge >= 0.3 is 5.97 Å². The third-order valence-corrected chi connectivity index (χ3v) is 4.97. The van der Waals surface area contributed by atoms with E-state index < -0.39 is 11.4 Å². The first-order valence-corrected chi connectivity index (χ1v) is 8.57. The number of hydrogen-bond acceptors (Lipinski definition) is 4. The van der Waals surface area contributed by atoms with Crippen LogP contribution in [0.15, 0.2) is 24.3 Å². The Morgan fingerprint density at radius 1 is 1.21 bits per heavy atom. The zero-order chi connectivity index (χ0) is 17.6. The minimum atomic E-state index is -0.797. The molecule has 0 atom stereocenters. The molecule has 1 aliphatic carbocycles. The van der Waals surface area contributed by atoms with E-state index in [2.05, 4.69) is 0 Å². The molecule has 1 saturated carbocycles. The molecular weight excluding hydrogens is 351 g/mol. The molecule has 4 nitrogen and oxygen atoms in total. The van der Waals surface area contributed by atoms with E-state index in [4.69, 9.17) is 27.9 Å². The predicted octanol–water partition coefficient (Wildman–Crippen LogP) is 3.99. The summed E-state index contributed by atoms with van der Waals surface area (Å²) in [5.41, 5.74) is -0.183. The largest absolute Gasteiger partial charge is 0.464 e. The monoisotopic (exact) mass is 368 g/mol. The van der Waals surface area contributed by atoms with Crippen molar-refractivity contribution >= 4 is 40.9 Å². The second-order valence-corrected chi connectivity index (χ2v) is 6.88. The van der Waals surface area contributed by atoms with E-state index in [0.717, 1.165) is 25.3 Å². The van der Waals surface area contributed by atoms with Gasteiger partial charge < -0.3 is 4.74 Å². The van der Waals surface area contributed by atoms with E-state index in [9.17, 15) is 14.4 Å². The molecule has 0 unspecified atom stereocenters. The Balaban J connectivity index is 2.01. The van der Waals surface area contributed by atoms with Crippen LogP contribution in [0.5, 0.6) is 0 Å². The van der Waals surface area contributed by atoms with Gasteiger partial charge in [-0.05, 0) is 30.5 Å². The number of ether oxygens (including phenoxy) is 1. The number of halogens is 2. The van der Waals surface area contributed by atoms with Crippen LogP contribution in [0.1, 0.15) is 37.7 Å². The summed E-state index contributed by atoms with van der Waals surface area (Å²) in [4.78, 5) is 34.8. The fourth-order valence-electron chi connectivity index (χ4n) is 2.99. The quantitative estimate of drug-likeness (QED) is 0.432. The van der Waals surface area contributed by atoms with E-state index in [1.165, 1.54) is 5.94 Å². The smallest absolute Gasteiger partial charge is 0.310 e. The predicted molar refractivity (Wildman–Crippen MR) is 91.9 cm³/mol. The molecule has 128 valence electrons. The molecule has 1 aliphatic rings. The Morgan fingerprint density at radius 2 is 1.92 bits per heavy atom. The number of benzene rings is 1. The van der Waals surface area contributed by atoms with Gasteiger partial charge in [0.2, 0.25) is 0 Å². The SMILES string of the molecule is O=C=CC(=O)C1(COC(=O)Cc2ccc(Cl)cc2Cl)CCCCC1. The highest BCUT2D eigenvalue weighted by Crippen LogP contribution is 2.38. The first kappa shape index (κ1) is 18.7. The van der Waals surface area contributed by atoms with Crippen molar-refractivity contribution in [2.45, 2.75) is 38.5 Å². The lowest BCUT2D eigenvalue weighted by Crippen LogP contribution is -2.38. The topological polar surface area (TPSA) is 60.4 Å². The van der Waals surface area contributed by atoms with Crippen molar-refractivity contribution in [2.75, 3.05) is 6.61 Å². The Kier molecular flexibility index (Phi) is 6.61. The van der Waals surface area contributed by atoms with Crippen LogP contribution in [0, 0.1) is 5.41 Å². The molecule has 0 saturated heterocycles. The summed E-state index contributed by atoms with van der Waals surface area (Å²) in [6.45, 7) is -0.0198. The van der Waals surface area contributed by atoms with Crippen molar-refractivity contribution in [3.05, 3.63) is 39.9 Å². The van der Waals surface area contributed by atoms with Gasteiger partial charge in [-0.15, -0.1) is 0 Å². The third kappa shape index (κ3) is 4.70. The summed E-state index contributed by atoms with van der Waals surface area (Å²) >= 11 is 11.9. The molecule has 0 heterocycles. The van der Waals surface area contributed by atoms with Crippen molar-refractivity contribution in [1.82, 2.24) is 0 Å². The van der Waals surface area contributed by atoms with Crippen molar-refractivity contribution < 1.29 is 19.1 Å². The van der Waals surface area contributed by atoms with E-state index in [-0.39, 0.29) is 18.8 Å². The fourth-order valence-corrected chi connectivity index (χ4v) is 3.46. The number of carbonyl (C=O) groups is 2. The summed E-state index contributed by atoms with van der Waals surface area (Å²) in [6, 6.07) is 4.88. The molecule has 0 bridgehead atoms. The maximum Gasteiger partial charge on any atom is 0.310 e. The molecule has 1 aromatic carbocycles. The number of rotatable bonds is 6. The zero-order valence-electron chi connectivity index (χ0n) is 13.1. The molecule has 0 aromatic heterocycles. The fraction of sp³-hybridized carbons (Fsp3) is 0.444. The van der Waals surface area contributed by atoms with Gasteiger partial charge in [0.1, 0.15) is 12.5 Å². The van der Waals surface area contributed by atoms with Crippen molar-refractivity contribution in [1.29, 1.82) is 0 Å². The maximum absolute atomic E-state index is 12.2. The molecule has 1 fully saturated rings. The van der Waals surface area contributed by atoms with Crippen LogP contribution in [0.3, 0.4) is 0 Å². The highest BCUT2D eigenvalue weighted by atomic mass is 35.5. The average molecular weight is 369 g/mol. The van der Waals surface area contributed by atoms with E-state index >= 15 is 0 Å². The molecule has 2 rings (SSSR count).